The Morgan fingerprint density at radius 3 is 2.75 bits per heavy atom. The number of rotatable bonds is 11. The molecular formula is C16H28N2O2. The lowest BCUT2D eigenvalue weighted by atomic mass is 10.1. The molecule has 1 heterocycles. The first kappa shape index (κ1) is 17.1. The van der Waals surface area contributed by atoms with Crippen LogP contribution in [-0.4, -0.2) is 42.5 Å². The SMILES string of the molecule is CC(C)CCCOCC(O)CNCCc1ccncc1. The molecule has 0 aliphatic rings. The average Bonchev–Trinajstić information content (AvgIpc) is 2.44. The largest absolute Gasteiger partial charge is 0.389 e. The highest BCUT2D eigenvalue weighted by Crippen LogP contribution is 2.03. The van der Waals surface area contributed by atoms with Crippen LogP contribution in [0.15, 0.2) is 24.5 Å². The van der Waals surface area contributed by atoms with Crippen molar-refractivity contribution in [1.82, 2.24) is 10.3 Å². The molecule has 0 aromatic carbocycles. The molecule has 20 heavy (non-hydrogen) atoms. The lowest BCUT2D eigenvalue weighted by Crippen LogP contribution is -2.31. The van der Waals surface area contributed by atoms with Gasteiger partial charge in [0.15, 0.2) is 0 Å². The van der Waals surface area contributed by atoms with Gasteiger partial charge in [-0.15, -0.1) is 0 Å². The molecule has 0 aliphatic carbocycles. The maximum absolute atomic E-state index is 9.76. The first-order valence-corrected chi connectivity index (χ1v) is 7.54. The van der Waals surface area contributed by atoms with Crippen molar-refractivity contribution in [2.24, 2.45) is 5.92 Å². The van der Waals surface area contributed by atoms with Gasteiger partial charge in [0.25, 0.3) is 0 Å². The van der Waals surface area contributed by atoms with Gasteiger partial charge >= 0.3 is 0 Å². The zero-order valence-corrected chi connectivity index (χ0v) is 12.7. The van der Waals surface area contributed by atoms with Gasteiger partial charge in [-0.1, -0.05) is 13.8 Å². The Labute approximate surface area is 122 Å². The van der Waals surface area contributed by atoms with Gasteiger partial charge in [-0.2, -0.15) is 0 Å². The highest BCUT2D eigenvalue weighted by molar-refractivity contribution is 5.09. The summed E-state index contributed by atoms with van der Waals surface area (Å²) in [6, 6.07) is 4.02. The molecule has 1 unspecified atom stereocenters. The van der Waals surface area contributed by atoms with Crippen LogP contribution in [0.4, 0.5) is 0 Å². The number of pyridine rings is 1. The predicted octanol–water partition coefficient (Wildman–Crippen LogP) is 2.03. The molecule has 0 aliphatic heterocycles. The van der Waals surface area contributed by atoms with Crippen LogP contribution < -0.4 is 5.32 Å². The number of hydrogen-bond acceptors (Lipinski definition) is 4. The average molecular weight is 280 g/mol. The van der Waals surface area contributed by atoms with Gasteiger partial charge in [0.2, 0.25) is 0 Å². The number of hydrogen-bond donors (Lipinski definition) is 2. The lowest BCUT2D eigenvalue weighted by Gasteiger charge is -2.12. The van der Waals surface area contributed by atoms with Crippen molar-refractivity contribution in [3.63, 3.8) is 0 Å². The van der Waals surface area contributed by atoms with Crippen molar-refractivity contribution in [2.75, 3.05) is 26.3 Å². The summed E-state index contributed by atoms with van der Waals surface area (Å²) in [4.78, 5) is 3.98. The molecule has 0 bridgehead atoms. The monoisotopic (exact) mass is 280 g/mol. The van der Waals surface area contributed by atoms with Crippen molar-refractivity contribution >= 4 is 0 Å². The number of aromatic nitrogens is 1. The molecule has 1 rings (SSSR count). The van der Waals surface area contributed by atoms with Crippen LogP contribution in [0.5, 0.6) is 0 Å². The van der Waals surface area contributed by atoms with E-state index in [4.69, 9.17) is 4.74 Å². The van der Waals surface area contributed by atoms with E-state index in [9.17, 15) is 5.11 Å². The van der Waals surface area contributed by atoms with Crippen LogP contribution in [-0.2, 0) is 11.2 Å². The van der Waals surface area contributed by atoms with Gasteiger partial charge in [0, 0.05) is 25.5 Å². The molecule has 114 valence electrons. The second-order valence-electron chi connectivity index (χ2n) is 5.57. The maximum atomic E-state index is 9.76. The lowest BCUT2D eigenvalue weighted by molar-refractivity contribution is 0.0349. The normalized spacial score (nSPS) is 12.8. The minimum Gasteiger partial charge on any atom is -0.389 e. The Bertz CT molecular complexity index is 331. The summed E-state index contributed by atoms with van der Waals surface area (Å²) in [5.41, 5.74) is 1.26. The zero-order chi connectivity index (χ0) is 14.6. The van der Waals surface area contributed by atoms with E-state index < -0.39 is 6.10 Å². The molecule has 0 radical (unpaired) electrons. The summed E-state index contributed by atoms with van der Waals surface area (Å²) in [5.74, 6) is 0.721. The van der Waals surface area contributed by atoms with Crippen LogP contribution in [0, 0.1) is 5.92 Å². The molecule has 1 atom stereocenters. The highest BCUT2D eigenvalue weighted by atomic mass is 16.5. The molecule has 4 nitrogen and oxygen atoms in total. The Hall–Kier alpha value is -0.970. The second-order valence-corrected chi connectivity index (χ2v) is 5.57. The van der Waals surface area contributed by atoms with Gasteiger partial charge in [0.05, 0.1) is 12.7 Å². The number of nitrogens with zero attached hydrogens (tertiary/aromatic N) is 1. The summed E-state index contributed by atoms with van der Waals surface area (Å²) in [6.07, 6.45) is 6.38. The van der Waals surface area contributed by atoms with E-state index in [1.165, 1.54) is 12.0 Å². The zero-order valence-electron chi connectivity index (χ0n) is 12.7. The fourth-order valence-electron chi connectivity index (χ4n) is 1.92. The van der Waals surface area contributed by atoms with Crippen molar-refractivity contribution in [2.45, 2.75) is 39.2 Å². The summed E-state index contributed by atoms with van der Waals surface area (Å²) < 4.78 is 5.46. The van der Waals surface area contributed by atoms with Gasteiger partial charge in [-0.3, -0.25) is 4.98 Å². The van der Waals surface area contributed by atoms with E-state index in [-0.39, 0.29) is 0 Å². The summed E-state index contributed by atoms with van der Waals surface area (Å²) in [7, 11) is 0. The second kappa shape index (κ2) is 10.8. The van der Waals surface area contributed by atoms with Crippen LogP contribution >= 0.6 is 0 Å². The van der Waals surface area contributed by atoms with E-state index in [0.717, 1.165) is 31.9 Å². The molecular weight excluding hydrogens is 252 g/mol. The molecule has 1 aromatic heterocycles. The number of aliphatic hydroxyl groups is 1. The van der Waals surface area contributed by atoms with E-state index in [1.807, 2.05) is 12.1 Å². The molecule has 0 spiro atoms. The van der Waals surface area contributed by atoms with Crippen LogP contribution in [0.2, 0.25) is 0 Å². The standard InChI is InChI=1S/C16H28N2O2/c1-14(2)4-3-11-20-13-16(19)12-18-10-7-15-5-8-17-9-6-15/h5-6,8-9,14,16,18-19H,3-4,7,10-13H2,1-2H3. The minimum absolute atomic E-state index is 0.417. The third-order valence-corrected chi connectivity index (χ3v) is 3.10. The third kappa shape index (κ3) is 9.02. The van der Waals surface area contributed by atoms with Gasteiger partial charge in [-0.05, 0) is 49.4 Å². The predicted molar refractivity (Wildman–Crippen MR) is 81.7 cm³/mol. The first-order chi connectivity index (χ1) is 9.68. The molecule has 0 fully saturated rings. The number of nitrogens with one attached hydrogen (secondary N) is 1. The van der Waals surface area contributed by atoms with Crippen molar-refractivity contribution in [1.29, 1.82) is 0 Å². The van der Waals surface area contributed by atoms with Crippen LogP contribution in [0.1, 0.15) is 32.3 Å². The Balaban J connectivity index is 1.93. The molecule has 0 amide bonds. The Morgan fingerprint density at radius 1 is 1.30 bits per heavy atom. The third-order valence-electron chi connectivity index (χ3n) is 3.10. The topological polar surface area (TPSA) is 54.4 Å². The van der Waals surface area contributed by atoms with Gasteiger partial charge < -0.3 is 15.2 Å². The minimum atomic E-state index is -0.425. The van der Waals surface area contributed by atoms with E-state index in [2.05, 4.69) is 24.1 Å². The van der Waals surface area contributed by atoms with Gasteiger partial charge in [0.1, 0.15) is 0 Å². The van der Waals surface area contributed by atoms with Crippen molar-refractivity contribution in [3.05, 3.63) is 30.1 Å². The summed E-state index contributed by atoms with van der Waals surface area (Å²) in [6.45, 7) is 7.01. The smallest absolute Gasteiger partial charge is 0.0897 e. The molecule has 0 saturated heterocycles. The van der Waals surface area contributed by atoms with Crippen molar-refractivity contribution in [3.8, 4) is 0 Å². The highest BCUT2D eigenvalue weighted by Gasteiger charge is 2.03. The Morgan fingerprint density at radius 2 is 2.05 bits per heavy atom. The summed E-state index contributed by atoms with van der Waals surface area (Å²) >= 11 is 0. The molecule has 2 N–H and O–H groups in total. The quantitative estimate of drug-likeness (QED) is 0.609. The molecule has 4 heteroatoms. The molecule has 1 aromatic rings. The fourth-order valence-corrected chi connectivity index (χ4v) is 1.92. The molecule has 0 saturated carbocycles. The van der Waals surface area contributed by atoms with Gasteiger partial charge in [-0.25, -0.2) is 0 Å². The number of aliphatic hydroxyl groups excluding tert-OH is 1. The van der Waals surface area contributed by atoms with Crippen molar-refractivity contribution < 1.29 is 9.84 Å². The first-order valence-electron chi connectivity index (χ1n) is 7.54. The maximum Gasteiger partial charge on any atom is 0.0897 e. The fraction of sp³-hybridized carbons (Fsp3) is 0.688. The number of ether oxygens (including phenoxy) is 1. The van der Waals surface area contributed by atoms with E-state index in [1.54, 1.807) is 12.4 Å². The Kier molecular flexibility index (Phi) is 9.20. The van der Waals surface area contributed by atoms with Crippen LogP contribution in [0.3, 0.4) is 0 Å². The van der Waals surface area contributed by atoms with E-state index in [0.29, 0.717) is 13.2 Å². The van der Waals surface area contributed by atoms with Crippen LogP contribution in [0.25, 0.3) is 0 Å². The van der Waals surface area contributed by atoms with E-state index >= 15 is 0 Å². The summed E-state index contributed by atoms with van der Waals surface area (Å²) in [5, 5.41) is 13.0.